The standard InChI is InChI=1S/C34H48O3/c1-3-5-7-8-9-10-11-13-27-36-32-23-21-31(22-24-32)34(35)37-33-25-19-30(20-26-33)29-17-15-28(16-18-29)14-12-6-4-2/h3,19-26,28-29H,1,4-18,27H2,2H3. The molecule has 1 saturated carbocycles. The van der Waals surface area contributed by atoms with E-state index in [-0.39, 0.29) is 5.97 Å². The maximum atomic E-state index is 12.6. The summed E-state index contributed by atoms with van der Waals surface area (Å²) in [7, 11) is 0. The number of carbonyl (C=O) groups is 1. The maximum Gasteiger partial charge on any atom is 0.343 e. The smallest absolute Gasteiger partial charge is 0.343 e. The van der Waals surface area contributed by atoms with Crippen LogP contribution in [0, 0.1) is 5.92 Å². The van der Waals surface area contributed by atoms with E-state index in [0.29, 0.717) is 23.8 Å². The zero-order chi connectivity index (χ0) is 26.1. The minimum Gasteiger partial charge on any atom is -0.494 e. The molecule has 0 heterocycles. The van der Waals surface area contributed by atoms with Gasteiger partial charge in [0.15, 0.2) is 0 Å². The number of hydrogen-bond donors (Lipinski definition) is 0. The van der Waals surface area contributed by atoms with Crippen LogP contribution in [0.2, 0.25) is 0 Å². The Hall–Kier alpha value is -2.55. The molecule has 0 unspecified atom stereocenters. The molecule has 0 atom stereocenters. The average Bonchev–Trinajstić information content (AvgIpc) is 2.93. The molecule has 0 aromatic heterocycles. The van der Waals surface area contributed by atoms with Gasteiger partial charge in [-0.1, -0.05) is 76.5 Å². The molecule has 0 aliphatic heterocycles. The summed E-state index contributed by atoms with van der Waals surface area (Å²) in [4.78, 5) is 12.6. The highest BCUT2D eigenvalue weighted by atomic mass is 16.5. The van der Waals surface area contributed by atoms with Crippen molar-refractivity contribution in [3.63, 3.8) is 0 Å². The van der Waals surface area contributed by atoms with Crippen LogP contribution in [0.3, 0.4) is 0 Å². The molecule has 0 N–H and O–H groups in total. The second-order valence-corrected chi connectivity index (χ2v) is 10.7. The van der Waals surface area contributed by atoms with Crippen molar-refractivity contribution in [2.45, 2.75) is 109 Å². The van der Waals surface area contributed by atoms with Gasteiger partial charge in [0.05, 0.1) is 12.2 Å². The van der Waals surface area contributed by atoms with Crippen molar-refractivity contribution in [1.29, 1.82) is 0 Å². The normalized spacial score (nSPS) is 17.3. The van der Waals surface area contributed by atoms with Crippen molar-refractivity contribution < 1.29 is 14.3 Å². The lowest BCUT2D eigenvalue weighted by molar-refractivity contribution is 0.0734. The number of rotatable bonds is 17. The molecule has 0 amide bonds. The van der Waals surface area contributed by atoms with Crippen LogP contribution >= 0.6 is 0 Å². The molecule has 0 radical (unpaired) electrons. The molecule has 3 rings (SSSR count). The van der Waals surface area contributed by atoms with Gasteiger partial charge >= 0.3 is 5.97 Å². The van der Waals surface area contributed by atoms with E-state index in [0.717, 1.165) is 24.5 Å². The number of carbonyl (C=O) groups excluding carboxylic acids is 1. The Morgan fingerprint density at radius 3 is 2.14 bits per heavy atom. The molecule has 1 aliphatic carbocycles. The second-order valence-electron chi connectivity index (χ2n) is 10.7. The van der Waals surface area contributed by atoms with Gasteiger partial charge < -0.3 is 9.47 Å². The summed E-state index contributed by atoms with van der Waals surface area (Å²) in [5.41, 5.74) is 1.92. The van der Waals surface area contributed by atoms with Crippen LogP contribution in [0.5, 0.6) is 11.5 Å². The fraction of sp³-hybridized carbons (Fsp3) is 0.559. The Bertz CT molecular complexity index is 892. The van der Waals surface area contributed by atoms with Crippen LogP contribution in [-0.2, 0) is 0 Å². The van der Waals surface area contributed by atoms with Gasteiger partial charge in [-0.2, -0.15) is 0 Å². The van der Waals surface area contributed by atoms with E-state index >= 15 is 0 Å². The molecule has 0 bridgehead atoms. The maximum absolute atomic E-state index is 12.6. The molecule has 1 fully saturated rings. The van der Waals surface area contributed by atoms with E-state index in [1.165, 1.54) is 89.0 Å². The quantitative estimate of drug-likeness (QED) is 0.0930. The lowest BCUT2D eigenvalue weighted by atomic mass is 9.77. The van der Waals surface area contributed by atoms with Crippen LogP contribution in [0.1, 0.15) is 125 Å². The summed E-state index contributed by atoms with van der Waals surface area (Å²) in [6, 6.07) is 15.4. The average molecular weight is 505 g/mol. The summed E-state index contributed by atoms with van der Waals surface area (Å²) < 4.78 is 11.5. The topological polar surface area (TPSA) is 35.5 Å². The third-order valence-corrected chi connectivity index (χ3v) is 7.79. The molecule has 2 aromatic rings. The van der Waals surface area contributed by atoms with Gasteiger partial charge in [0.1, 0.15) is 11.5 Å². The molecule has 202 valence electrons. The van der Waals surface area contributed by atoms with Crippen molar-refractivity contribution in [3.05, 3.63) is 72.3 Å². The lowest BCUT2D eigenvalue weighted by Gasteiger charge is -2.29. The SMILES string of the molecule is C=CCCCCCCCCOc1ccc(C(=O)Oc2ccc(C3CCC(CCCCC)CC3)cc2)cc1. The lowest BCUT2D eigenvalue weighted by Crippen LogP contribution is -2.13. The molecule has 1 aliphatic rings. The predicted octanol–water partition coefficient (Wildman–Crippen LogP) is 10.1. The highest BCUT2D eigenvalue weighted by Crippen LogP contribution is 2.38. The Morgan fingerprint density at radius 2 is 1.46 bits per heavy atom. The number of hydrogen-bond acceptors (Lipinski definition) is 3. The highest BCUT2D eigenvalue weighted by Gasteiger charge is 2.22. The van der Waals surface area contributed by atoms with Crippen LogP contribution < -0.4 is 9.47 Å². The number of allylic oxidation sites excluding steroid dienone is 1. The van der Waals surface area contributed by atoms with Crippen LogP contribution in [0.25, 0.3) is 0 Å². The number of esters is 1. The van der Waals surface area contributed by atoms with E-state index in [4.69, 9.17) is 9.47 Å². The summed E-state index contributed by atoms with van der Waals surface area (Å²) in [6.07, 6.45) is 21.2. The van der Waals surface area contributed by atoms with Crippen molar-refractivity contribution in [3.8, 4) is 11.5 Å². The zero-order valence-electron chi connectivity index (χ0n) is 23.1. The molecular weight excluding hydrogens is 456 g/mol. The number of unbranched alkanes of at least 4 members (excludes halogenated alkanes) is 8. The number of benzene rings is 2. The van der Waals surface area contributed by atoms with Gasteiger partial charge in [0.25, 0.3) is 0 Å². The first-order chi connectivity index (χ1) is 18.2. The van der Waals surface area contributed by atoms with Crippen LogP contribution in [-0.4, -0.2) is 12.6 Å². The molecule has 0 spiro atoms. The van der Waals surface area contributed by atoms with E-state index < -0.39 is 0 Å². The summed E-state index contributed by atoms with van der Waals surface area (Å²) >= 11 is 0. The minimum atomic E-state index is -0.330. The highest BCUT2D eigenvalue weighted by molar-refractivity contribution is 5.91. The second kappa shape index (κ2) is 17.1. The van der Waals surface area contributed by atoms with Gasteiger partial charge in [0.2, 0.25) is 0 Å². The Labute approximate surface area is 225 Å². The molecule has 3 nitrogen and oxygen atoms in total. The van der Waals surface area contributed by atoms with E-state index in [9.17, 15) is 4.79 Å². The van der Waals surface area contributed by atoms with Crippen molar-refractivity contribution in [2.75, 3.05) is 6.61 Å². The third kappa shape index (κ3) is 10.8. The monoisotopic (exact) mass is 504 g/mol. The Balaban J connectivity index is 1.34. The Morgan fingerprint density at radius 1 is 0.811 bits per heavy atom. The third-order valence-electron chi connectivity index (χ3n) is 7.79. The predicted molar refractivity (Wildman–Crippen MR) is 155 cm³/mol. The molecule has 0 saturated heterocycles. The first-order valence-electron chi connectivity index (χ1n) is 14.9. The van der Waals surface area contributed by atoms with E-state index in [1.807, 2.05) is 30.3 Å². The molecule has 2 aromatic carbocycles. The fourth-order valence-electron chi connectivity index (χ4n) is 5.42. The molecular formula is C34H48O3. The summed E-state index contributed by atoms with van der Waals surface area (Å²) in [5.74, 6) is 2.63. The van der Waals surface area contributed by atoms with Gasteiger partial charge in [-0.05, 0) is 98.7 Å². The van der Waals surface area contributed by atoms with Gasteiger partial charge in [-0.3, -0.25) is 0 Å². The van der Waals surface area contributed by atoms with E-state index in [1.54, 1.807) is 12.1 Å². The van der Waals surface area contributed by atoms with Crippen molar-refractivity contribution in [1.82, 2.24) is 0 Å². The van der Waals surface area contributed by atoms with E-state index in [2.05, 4.69) is 25.6 Å². The van der Waals surface area contributed by atoms with Gasteiger partial charge in [-0.25, -0.2) is 4.79 Å². The summed E-state index contributed by atoms with van der Waals surface area (Å²) in [6.45, 7) is 6.76. The first-order valence-corrected chi connectivity index (χ1v) is 14.9. The van der Waals surface area contributed by atoms with Crippen LogP contribution in [0.15, 0.2) is 61.2 Å². The Kier molecular flexibility index (Phi) is 13.4. The minimum absolute atomic E-state index is 0.330. The largest absolute Gasteiger partial charge is 0.494 e. The number of ether oxygens (including phenoxy) is 2. The molecule has 3 heteroatoms. The van der Waals surface area contributed by atoms with Gasteiger partial charge in [0, 0.05) is 0 Å². The van der Waals surface area contributed by atoms with Crippen molar-refractivity contribution >= 4 is 5.97 Å². The molecule has 37 heavy (non-hydrogen) atoms. The van der Waals surface area contributed by atoms with Crippen molar-refractivity contribution in [2.24, 2.45) is 5.92 Å². The zero-order valence-corrected chi connectivity index (χ0v) is 23.1. The fourth-order valence-corrected chi connectivity index (χ4v) is 5.42. The summed E-state index contributed by atoms with van der Waals surface area (Å²) in [5, 5.41) is 0. The van der Waals surface area contributed by atoms with Crippen LogP contribution in [0.4, 0.5) is 0 Å². The first kappa shape index (κ1) is 29.0. The van der Waals surface area contributed by atoms with Gasteiger partial charge in [-0.15, -0.1) is 6.58 Å².